The number of carbonyl (C=O) groups excluding carboxylic acids is 1. The molecule has 0 saturated carbocycles. The van der Waals surface area contributed by atoms with Gasteiger partial charge in [0.2, 0.25) is 15.0 Å². The maximum atomic E-state index is 11.8. The van der Waals surface area contributed by atoms with Crippen LogP contribution in [0.4, 0.5) is 0 Å². The minimum absolute atomic E-state index is 0.0525. The van der Waals surface area contributed by atoms with Gasteiger partial charge in [0.15, 0.2) is 0 Å². The quantitative estimate of drug-likeness (QED) is 0.750. The van der Waals surface area contributed by atoms with Crippen molar-refractivity contribution in [1.82, 2.24) is 14.5 Å². The highest BCUT2D eigenvalue weighted by Gasteiger charge is 2.32. The molecule has 1 unspecified atom stereocenters. The van der Waals surface area contributed by atoms with E-state index < -0.39 is 9.05 Å². The van der Waals surface area contributed by atoms with Gasteiger partial charge in [-0.05, 0) is 0 Å². The smallest absolute Gasteiger partial charge is 0.232 e. The third-order valence-corrected chi connectivity index (χ3v) is 4.23. The number of likely N-dealkylation sites (tertiary alicyclic amines) is 1. The average molecular weight is 292 g/mol. The number of hydrogen-bond acceptors (Lipinski definition) is 4. The molecule has 18 heavy (non-hydrogen) atoms. The average Bonchev–Trinajstić information content (AvgIpc) is 2.73. The van der Waals surface area contributed by atoms with E-state index in [2.05, 4.69) is 4.98 Å². The van der Waals surface area contributed by atoms with Crippen molar-refractivity contribution in [2.75, 3.05) is 12.3 Å². The molecule has 0 aliphatic carbocycles. The number of aromatic nitrogens is 2. The third kappa shape index (κ3) is 3.23. The molecule has 0 bridgehead atoms. The Bertz CT molecular complexity index is 554. The fourth-order valence-corrected chi connectivity index (χ4v) is 3.44. The van der Waals surface area contributed by atoms with Crippen LogP contribution < -0.4 is 0 Å². The van der Waals surface area contributed by atoms with Crippen molar-refractivity contribution in [3.63, 3.8) is 0 Å². The molecule has 1 aliphatic rings. The van der Waals surface area contributed by atoms with Gasteiger partial charge < -0.3 is 9.47 Å². The lowest BCUT2D eigenvalue weighted by atomic mass is 10.1. The molecule has 8 heteroatoms. The Morgan fingerprint density at radius 1 is 1.56 bits per heavy atom. The number of carbonyl (C=O) groups is 1. The molecular weight excluding hydrogens is 278 g/mol. The zero-order valence-corrected chi connectivity index (χ0v) is 11.5. The zero-order valence-electron chi connectivity index (χ0n) is 9.91. The number of halogens is 1. The molecule has 0 spiro atoms. The van der Waals surface area contributed by atoms with Gasteiger partial charge >= 0.3 is 0 Å². The van der Waals surface area contributed by atoms with Crippen molar-refractivity contribution in [2.24, 2.45) is 13.0 Å². The Kier molecular flexibility index (Phi) is 3.63. The SMILES string of the molecule is Cn1ccnc1CN1CC(CS(=O)(=O)Cl)CC1=O. The Labute approximate surface area is 110 Å². The van der Waals surface area contributed by atoms with Crippen LogP contribution in [0.5, 0.6) is 0 Å². The van der Waals surface area contributed by atoms with Crippen LogP contribution in [0, 0.1) is 5.92 Å². The second kappa shape index (κ2) is 4.89. The summed E-state index contributed by atoms with van der Waals surface area (Å²) in [5, 5.41) is 0. The highest BCUT2D eigenvalue weighted by molar-refractivity contribution is 8.13. The summed E-state index contributed by atoms with van der Waals surface area (Å²) in [6, 6.07) is 0. The first-order chi connectivity index (χ1) is 8.35. The molecule has 6 nitrogen and oxygen atoms in total. The van der Waals surface area contributed by atoms with Crippen molar-refractivity contribution >= 4 is 25.6 Å². The van der Waals surface area contributed by atoms with Crippen molar-refractivity contribution in [3.05, 3.63) is 18.2 Å². The van der Waals surface area contributed by atoms with Gasteiger partial charge in [-0.15, -0.1) is 0 Å². The predicted molar refractivity (Wildman–Crippen MR) is 66.4 cm³/mol. The maximum Gasteiger partial charge on any atom is 0.232 e. The summed E-state index contributed by atoms with van der Waals surface area (Å²) in [6.45, 7) is 0.818. The summed E-state index contributed by atoms with van der Waals surface area (Å²) in [4.78, 5) is 17.5. The number of nitrogens with zero attached hydrogens (tertiary/aromatic N) is 3. The Morgan fingerprint density at radius 3 is 2.83 bits per heavy atom. The van der Waals surface area contributed by atoms with Crippen LogP contribution in [0.25, 0.3) is 0 Å². The lowest BCUT2D eigenvalue weighted by Gasteiger charge is -2.15. The van der Waals surface area contributed by atoms with Crippen molar-refractivity contribution in [3.8, 4) is 0 Å². The van der Waals surface area contributed by atoms with Gasteiger partial charge in [0.1, 0.15) is 5.82 Å². The second-order valence-corrected chi connectivity index (χ2v) is 7.33. The first kappa shape index (κ1) is 13.4. The van der Waals surface area contributed by atoms with E-state index in [0.717, 1.165) is 5.82 Å². The molecule has 0 aromatic carbocycles. The number of amides is 1. The molecule has 1 aliphatic heterocycles. The topological polar surface area (TPSA) is 72.3 Å². The summed E-state index contributed by atoms with van der Waals surface area (Å²) < 4.78 is 23.8. The van der Waals surface area contributed by atoms with Gasteiger partial charge in [-0.25, -0.2) is 13.4 Å². The van der Waals surface area contributed by atoms with Crippen LogP contribution in [0.2, 0.25) is 0 Å². The van der Waals surface area contributed by atoms with Crippen LogP contribution in [0.3, 0.4) is 0 Å². The Balaban J connectivity index is 2.00. The summed E-state index contributed by atoms with van der Waals surface area (Å²) in [5.41, 5.74) is 0. The van der Waals surface area contributed by atoms with Crippen LogP contribution in [0.1, 0.15) is 12.2 Å². The molecule has 0 radical (unpaired) electrons. The van der Waals surface area contributed by atoms with Crippen LogP contribution in [-0.4, -0.2) is 41.1 Å². The minimum atomic E-state index is -3.55. The lowest BCUT2D eigenvalue weighted by molar-refractivity contribution is -0.128. The maximum absolute atomic E-state index is 11.8. The van der Waals surface area contributed by atoms with E-state index in [1.54, 1.807) is 17.3 Å². The Morgan fingerprint density at radius 2 is 2.28 bits per heavy atom. The highest BCUT2D eigenvalue weighted by atomic mass is 35.7. The van der Waals surface area contributed by atoms with E-state index in [1.807, 2.05) is 11.6 Å². The van der Waals surface area contributed by atoms with Crippen LogP contribution >= 0.6 is 10.7 Å². The number of rotatable bonds is 4. The van der Waals surface area contributed by atoms with Crippen molar-refractivity contribution < 1.29 is 13.2 Å². The van der Waals surface area contributed by atoms with Gasteiger partial charge in [-0.2, -0.15) is 0 Å². The van der Waals surface area contributed by atoms with E-state index in [0.29, 0.717) is 13.1 Å². The van der Waals surface area contributed by atoms with Gasteiger partial charge in [0, 0.05) is 49.0 Å². The molecule has 100 valence electrons. The fraction of sp³-hybridized carbons (Fsp3) is 0.600. The van der Waals surface area contributed by atoms with Gasteiger partial charge in [0.25, 0.3) is 0 Å². The third-order valence-electron chi connectivity index (χ3n) is 2.98. The molecule has 1 aromatic heterocycles. The molecule has 1 fully saturated rings. The molecule has 1 aromatic rings. The number of aryl methyl sites for hydroxylation is 1. The number of imidazole rings is 1. The van der Waals surface area contributed by atoms with Gasteiger partial charge in [0.05, 0.1) is 12.3 Å². The van der Waals surface area contributed by atoms with E-state index in [1.165, 1.54) is 0 Å². The molecular formula is C10H14ClN3O3S. The largest absolute Gasteiger partial charge is 0.337 e. The van der Waals surface area contributed by atoms with Crippen LogP contribution in [-0.2, 0) is 27.4 Å². The minimum Gasteiger partial charge on any atom is -0.337 e. The first-order valence-corrected chi connectivity index (χ1v) is 7.99. The molecule has 0 N–H and O–H groups in total. The van der Waals surface area contributed by atoms with E-state index in [9.17, 15) is 13.2 Å². The first-order valence-electron chi connectivity index (χ1n) is 5.51. The van der Waals surface area contributed by atoms with E-state index in [4.69, 9.17) is 10.7 Å². The molecule has 1 atom stereocenters. The lowest BCUT2D eigenvalue weighted by Crippen LogP contribution is -2.26. The summed E-state index contributed by atoms with van der Waals surface area (Å²) in [5.74, 6) is 0.346. The Hall–Kier alpha value is -1.08. The molecule has 2 heterocycles. The van der Waals surface area contributed by atoms with E-state index >= 15 is 0 Å². The van der Waals surface area contributed by atoms with Crippen molar-refractivity contribution in [2.45, 2.75) is 13.0 Å². The molecule has 1 saturated heterocycles. The standard InChI is InChI=1S/C10H14ClN3O3S/c1-13-3-2-12-9(13)6-14-5-8(4-10(14)15)7-18(11,16)17/h2-3,8H,4-7H2,1H3. The zero-order chi connectivity index (χ0) is 13.3. The van der Waals surface area contributed by atoms with Gasteiger partial charge in [-0.1, -0.05) is 0 Å². The summed E-state index contributed by atoms with van der Waals surface area (Å²) in [6.07, 6.45) is 3.70. The van der Waals surface area contributed by atoms with E-state index in [-0.39, 0.29) is 24.0 Å². The van der Waals surface area contributed by atoms with Gasteiger partial charge in [-0.3, -0.25) is 4.79 Å². The second-order valence-electron chi connectivity index (χ2n) is 4.50. The monoisotopic (exact) mass is 291 g/mol. The predicted octanol–water partition coefficient (Wildman–Crippen LogP) is 0.337. The molecule has 2 rings (SSSR count). The summed E-state index contributed by atoms with van der Waals surface area (Å²) in [7, 11) is 3.50. The molecule has 1 amide bonds. The van der Waals surface area contributed by atoms with Crippen molar-refractivity contribution in [1.29, 1.82) is 0 Å². The highest BCUT2D eigenvalue weighted by Crippen LogP contribution is 2.22. The van der Waals surface area contributed by atoms with Crippen LogP contribution in [0.15, 0.2) is 12.4 Å². The number of hydrogen-bond donors (Lipinski definition) is 0. The normalized spacial score (nSPS) is 20.7. The fourth-order valence-electron chi connectivity index (χ4n) is 2.12. The summed E-state index contributed by atoms with van der Waals surface area (Å²) >= 11 is 0.